The molecule has 0 spiro atoms. The molecule has 1 rings (SSSR count). The minimum atomic E-state index is -5.10. The van der Waals surface area contributed by atoms with Crippen LogP contribution < -0.4 is 0 Å². The standard InChI is InChI=1S/C14H15F3O3/c1-2-20-12(18)13(19,14(15,16)17)10-6-9-11-7-4-3-5-8-11/h3-9,19H,2,10H2,1H3/b9-6+. The molecular formula is C14H15F3O3. The summed E-state index contributed by atoms with van der Waals surface area (Å²) in [5.74, 6) is -1.69. The molecule has 0 amide bonds. The topological polar surface area (TPSA) is 46.5 Å². The predicted octanol–water partition coefficient (Wildman–Crippen LogP) is 2.95. The third kappa shape index (κ3) is 3.84. The Balaban J connectivity index is 2.86. The average molecular weight is 288 g/mol. The third-order valence-corrected chi connectivity index (χ3v) is 2.61. The molecule has 1 aromatic rings. The first-order chi connectivity index (χ1) is 9.31. The molecule has 0 bridgehead atoms. The smallest absolute Gasteiger partial charge is 0.428 e. The predicted molar refractivity (Wildman–Crippen MR) is 67.7 cm³/mol. The van der Waals surface area contributed by atoms with Gasteiger partial charge in [-0.2, -0.15) is 13.2 Å². The van der Waals surface area contributed by atoms with Crippen LogP contribution in [0.25, 0.3) is 6.08 Å². The normalized spacial score (nSPS) is 15.1. The third-order valence-electron chi connectivity index (χ3n) is 2.61. The van der Waals surface area contributed by atoms with Gasteiger partial charge < -0.3 is 9.84 Å². The van der Waals surface area contributed by atoms with Crippen LogP contribution in [-0.2, 0) is 9.53 Å². The van der Waals surface area contributed by atoms with Crippen molar-refractivity contribution < 1.29 is 27.8 Å². The first-order valence-corrected chi connectivity index (χ1v) is 5.99. The molecule has 0 aliphatic heterocycles. The van der Waals surface area contributed by atoms with Crippen molar-refractivity contribution in [1.29, 1.82) is 0 Å². The largest absolute Gasteiger partial charge is 0.464 e. The number of esters is 1. The number of carbonyl (C=O) groups is 1. The summed E-state index contributed by atoms with van der Waals surface area (Å²) in [6.45, 7) is 1.13. The molecule has 110 valence electrons. The van der Waals surface area contributed by atoms with Gasteiger partial charge in [-0.25, -0.2) is 4.79 Å². The molecule has 3 nitrogen and oxygen atoms in total. The van der Waals surface area contributed by atoms with E-state index in [2.05, 4.69) is 4.74 Å². The Morgan fingerprint density at radius 3 is 2.40 bits per heavy atom. The van der Waals surface area contributed by atoms with Crippen LogP contribution in [0.4, 0.5) is 13.2 Å². The Kier molecular flexibility index (Phi) is 5.33. The second-order valence-electron chi connectivity index (χ2n) is 4.10. The van der Waals surface area contributed by atoms with Gasteiger partial charge in [0.1, 0.15) is 0 Å². The van der Waals surface area contributed by atoms with Gasteiger partial charge >= 0.3 is 12.1 Å². The van der Waals surface area contributed by atoms with Crippen molar-refractivity contribution in [3.05, 3.63) is 42.0 Å². The molecule has 0 saturated carbocycles. The van der Waals surface area contributed by atoms with E-state index in [0.717, 1.165) is 6.08 Å². The molecule has 20 heavy (non-hydrogen) atoms. The zero-order valence-corrected chi connectivity index (χ0v) is 10.9. The average Bonchev–Trinajstić information content (AvgIpc) is 2.38. The highest BCUT2D eigenvalue weighted by atomic mass is 19.4. The molecule has 1 unspecified atom stereocenters. The SMILES string of the molecule is CCOC(=O)C(O)(C/C=C/c1ccccc1)C(F)(F)F. The summed E-state index contributed by atoms with van der Waals surface area (Å²) >= 11 is 0. The number of alkyl halides is 3. The minimum Gasteiger partial charge on any atom is -0.464 e. The number of aliphatic hydroxyl groups is 1. The summed E-state index contributed by atoms with van der Waals surface area (Å²) in [6, 6.07) is 8.59. The van der Waals surface area contributed by atoms with E-state index in [-0.39, 0.29) is 6.61 Å². The lowest BCUT2D eigenvalue weighted by molar-refractivity contribution is -0.261. The molecule has 0 aliphatic carbocycles. The molecule has 0 heterocycles. The van der Waals surface area contributed by atoms with Crippen LogP contribution >= 0.6 is 0 Å². The molecule has 0 fully saturated rings. The monoisotopic (exact) mass is 288 g/mol. The van der Waals surface area contributed by atoms with Crippen LogP contribution in [-0.4, -0.2) is 29.5 Å². The Morgan fingerprint density at radius 1 is 1.30 bits per heavy atom. The Labute approximate surface area is 114 Å². The first kappa shape index (κ1) is 16.2. The van der Waals surface area contributed by atoms with Gasteiger partial charge in [0.2, 0.25) is 0 Å². The highest BCUT2D eigenvalue weighted by Gasteiger charge is 2.59. The number of hydrogen-bond donors (Lipinski definition) is 1. The van der Waals surface area contributed by atoms with Crippen molar-refractivity contribution in [2.24, 2.45) is 0 Å². The maximum atomic E-state index is 12.8. The lowest BCUT2D eigenvalue weighted by Gasteiger charge is -2.26. The van der Waals surface area contributed by atoms with Crippen LogP contribution in [0, 0.1) is 0 Å². The highest BCUT2D eigenvalue weighted by Crippen LogP contribution is 2.34. The zero-order chi connectivity index (χ0) is 15.2. The van der Waals surface area contributed by atoms with E-state index in [1.165, 1.54) is 13.0 Å². The van der Waals surface area contributed by atoms with Gasteiger partial charge in [0.15, 0.2) is 0 Å². The highest BCUT2D eigenvalue weighted by molar-refractivity contribution is 5.80. The number of halogens is 3. The van der Waals surface area contributed by atoms with E-state index in [9.17, 15) is 23.1 Å². The minimum absolute atomic E-state index is 0.236. The van der Waals surface area contributed by atoms with Crippen molar-refractivity contribution in [3.63, 3.8) is 0 Å². The molecule has 6 heteroatoms. The van der Waals surface area contributed by atoms with Crippen LogP contribution in [0.3, 0.4) is 0 Å². The summed E-state index contributed by atoms with van der Waals surface area (Å²) in [5.41, 5.74) is -2.85. The summed E-state index contributed by atoms with van der Waals surface area (Å²) in [6.07, 6.45) is -3.50. The summed E-state index contributed by atoms with van der Waals surface area (Å²) in [7, 11) is 0. The molecule has 1 aromatic carbocycles. The van der Waals surface area contributed by atoms with Crippen molar-refractivity contribution in [2.75, 3.05) is 6.61 Å². The van der Waals surface area contributed by atoms with E-state index in [0.29, 0.717) is 5.56 Å². The second-order valence-corrected chi connectivity index (χ2v) is 4.10. The lowest BCUT2D eigenvalue weighted by atomic mass is 9.98. The second kappa shape index (κ2) is 6.56. The van der Waals surface area contributed by atoms with Crippen molar-refractivity contribution >= 4 is 12.0 Å². The van der Waals surface area contributed by atoms with Crippen molar-refractivity contribution in [2.45, 2.75) is 25.1 Å². The fourth-order valence-corrected chi connectivity index (χ4v) is 1.49. The van der Waals surface area contributed by atoms with Gasteiger partial charge in [-0.1, -0.05) is 42.5 Å². The van der Waals surface area contributed by atoms with E-state index < -0.39 is 24.2 Å². The molecule has 0 radical (unpaired) electrons. The van der Waals surface area contributed by atoms with E-state index in [4.69, 9.17) is 0 Å². The molecule has 0 saturated heterocycles. The first-order valence-electron chi connectivity index (χ1n) is 5.99. The number of carbonyl (C=O) groups excluding carboxylic acids is 1. The van der Waals surface area contributed by atoms with Gasteiger partial charge in [-0.15, -0.1) is 0 Å². The van der Waals surface area contributed by atoms with Gasteiger partial charge in [-0.3, -0.25) is 0 Å². The fraction of sp³-hybridized carbons (Fsp3) is 0.357. The number of hydrogen-bond acceptors (Lipinski definition) is 3. The van der Waals surface area contributed by atoms with Gasteiger partial charge in [0.05, 0.1) is 6.61 Å². The molecule has 1 N–H and O–H groups in total. The quantitative estimate of drug-likeness (QED) is 0.847. The van der Waals surface area contributed by atoms with E-state index in [1.807, 2.05) is 0 Å². The van der Waals surface area contributed by atoms with Crippen LogP contribution in [0.1, 0.15) is 18.9 Å². The number of benzene rings is 1. The lowest BCUT2D eigenvalue weighted by Crippen LogP contribution is -2.52. The van der Waals surface area contributed by atoms with Crippen LogP contribution in [0.2, 0.25) is 0 Å². The maximum Gasteiger partial charge on any atom is 0.428 e. The van der Waals surface area contributed by atoms with Gasteiger partial charge in [0, 0.05) is 6.42 Å². The molecular weight excluding hydrogens is 273 g/mol. The van der Waals surface area contributed by atoms with E-state index in [1.54, 1.807) is 30.3 Å². The Hall–Kier alpha value is -1.82. The fourth-order valence-electron chi connectivity index (χ4n) is 1.49. The summed E-state index contributed by atoms with van der Waals surface area (Å²) in [5, 5.41) is 9.57. The molecule has 1 atom stereocenters. The Bertz CT molecular complexity index is 468. The van der Waals surface area contributed by atoms with Gasteiger partial charge in [-0.05, 0) is 12.5 Å². The maximum absolute atomic E-state index is 12.8. The molecule has 0 aliphatic rings. The Morgan fingerprint density at radius 2 is 1.90 bits per heavy atom. The van der Waals surface area contributed by atoms with Crippen molar-refractivity contribution in [3.8, 4) is 0 Å². The molecule has 0 aromatic heterocycles. The number of rotatable bonds is 5. The van der Waals surface area contributed by atoms with Crippen LogP contribution in [0.15, 0.2) is 36.4 Å². The van der Waals surface area contributed by atoms with Crippen LogP contribution in [0.5, 0.6) is 0 Å². The summed E-state index contributed by atoms with van der Waals surface area (Å²) < 4.78 is 42.8. The zero-order valence-electron chi connectivity index (χ0n) is 10.9. The summed E-state index contributed by atoms with van der Waals surface area (Å²) in [4.78, 5) is 11.3. The van der Waals surface area contributed by atoms with Gasteiger partial charge in [0.25, 0.3) is 5.60 Å². The number of ether oxygens (including phenoxy) is 1. The van der Waals surface area contributed by atoms with Crippen molar-refractivity contribution in [1.82, 2.24) is 0 Å². The van der Waals surface area contributed by atoms with E-state index >= 15 is 0 Å².